The number of hydrogen-bond donors (Lipinski definition) is 1. The minimum absolute atomic E-state index is 0.423. The number of aryl methyl sites for hydroxylation is 1. The van der Waals surface area contributed by atoms with Crippen LogP contribution in [0.3, 0.4) is 0 Å². The molecular formula is C13H16N2O. The lowest BCUT2D eigenvalue weighted by atomic mass is 10.0. The number of fused-ring (bicyclic) bond motifs is 1. The van der Waals surface area contributed by atoms with Gasteiger partial charge in [-0.05, 0) is 38.4 Å². The third-order valence-corrected chi connectivity index (χ3v) is 3.47. The summed E-state index contributed by atoms with van der Waals surface area (Å²) in [6, 6.07) is 6.57. The van der Waals surface area contributed by atoms with Crippen molar-refractivity contribution in [3.63, 3.8) is 0 Å². The van der Waals surface area contributed by atoms with Crippen LogP contribution in [0.1, 0.15) is 30.7 Å². The van der Waals surface area contributed by atoms with Crippen LogP contribution in [0.4, 0.5) is 0 Å². The van der Waals surface area contributed by atoms with Gasteiger partial charge in [-0.1, -0.05) is 12.1 Å². The molecule has 0 radical (unpaired) electrons. The summed E-state index contributed by atoms with van der Waals surface area (Å²) in [4.78, 5) is 4.60. The number of nitrogens with zero attached hydrogens (tertiary/aromatic N) is 1. The van der Waals surface area contributed by atoms with Crippen LogP contribution in [-0.4, -0.2) is 17.6 Å². The molecule has 2 atom stereocenters. The standard InChI is InChI=1S/C13H16N2O/c1-8-4-3-5-11-12(8)16-13(15-11)10-6-7-14-9(10)2/h3-5,9-10,14H,6-7H2,1-2H3. The molecule has 0 spiro atoms. The number of aromatic nitrogens is 1. The van der Waals surface area contributed by atoms with E-state index in [0.29, 0.717) is 12.0 Å². The van der Waals surface area contributed by atoms with Crippen molar-refractivity contribution >= 4 is 11.1 Å². The first-order valence-corrected chi connectivity index (χ1v) is 5.85. The third-order valence-electron chi connectivity index (χ3n) is 3.47. The van der Waals surface area contributed by atoms with Gasteiger partial charge in [-0.25, -0.2) is 4.98 Å². The Morgan fingerprint density at radius 2 is 2.31 bits per heavy atom. The molecule has 2 unspecified atom stereocenters. The minimum atomic E-state index is 0.423. The van der Waals surface area contributed by atoms with E-state index in [-0.39, 0.29) is 0 Å². The van der Waals surface area contributed by atoms with Gasteiger partial charge in [0.15, 0.2) is 11.5 Å². The molecule has 0 bridgehead atoms. The fourth-order valence-corrected chi connectivity index (χ4v) is 2.46. The van der Waals surface area contributed by atoms with Crippen LogP contribution in [0.2, 0.25) is 0 Å². The van der Waals surface area contributed by atoms with Crippen LogP contribution in [0, 0.1) is 6.92 Å². The van der Waals surface area contributed by atoms with Crippen molar-refractivity contribution in [1.82, 2.24) is 10.3 Å². The lowest BCUT2D eigenvalue weighted by Crippen LogP contribution is -2.21. The highest BCUT2D eigenvalue weighted by molar-refractivity contribution is 5.76. The zero-order valence-corrected chi connectivity index (χ0v) is 9.66. The van der Waals surface area contributed by atoms with E-state index in [1.165, 1.54) is 0 Å². The molecule has 2 heterocycles. The van der Waals surface area contributed by atoms with Gasteiger partial charge in [0, 0.05) is 6.04 Å². The summed E-state index contributed by atoms with van der Waals surface area (Å²) in [5.74, 6) is 1.31. The molecule has 1 aliphatic heterocycles. The molecule has 84 valence electrons. The lowest BCUT2D eigenvalue weighted by molar-refractivity contribution is 0.446. The highest BCUT2D eigenvalue weighted by atomic mass is 16.3. The summed E-state index contributed by atoms with van der Waals surface area (Å²) in [5, 5.41) is 3.43. The number of rotatable bonds is 1. The summed E-state index contributed by atoms with van der Waals surface area (Å²) < 4.78 is 5.90. The predicted octanol–water partition coefficient (Wildman–Crippen LogP) is 2.60. The number of hydrogen-bond acceptors (Lipinski definition) is 3. The van der Waals surface area contributed by atoms with Crippen LogP contribution >= 0.6 is 0 Å². The van der Waals surface area contributed by atoms with Gasteiger partial charge in [-0.2, -0.15) is 0 Å². The second-order valence-electron chi connectivity index (χ2n) is 4.61. The van der Waals surface area contributed by atoms with Crippen LogP contribution < -0.4 is 5.32 Å². The Kier molecular flexibility index (Phi) is 2.21. The van der Waals surface area contributed by atoms with Crippen LogP contribution in [0.5, 0.6) is 0 Å². The topological polar surface area (TPSA) is 38.1 Å². The Hall–Kier alpha value is -1.35. The normalized spacial score (nSPS) is 25.4. The molecule has 3 nitrogen and oxygen atoms in total. The van der Waals surface area contributed by atoms with E-state index in [2.05, 4.69) is 30.2 Å². The van der Waals surface area contributed by atoms with E-state index in [1.807, 2.05) is 12.1 Å². The first-order chi connectivity index (χ1) is 7.75. The lowest BCUT2D eigenvalue weighted by Gasteiger charge is -2.09. The summed E-state index contributed by atoms with van der Waals surface area (Å²) in [7, 11) is 0. The van der Waals surface area contributed by atoms with Crippen LogP contribution in [0.15, 0.2) is 22.6 Å². The van der Waals surface area contributed by atoms with Crippen LogP contribution in [-0.2, 0) is 0 Å². The molecule has 1 fully saturated rings. The van der Waals surface area contributed by atoms with Crippen molar-refractivity contribution < 1.29 is 4.42 Å². The Morgan fingerprint density at radius 1 is 1.44 bits per heavy atom. The maximum Gasteiger partial charge on any atom is 0.200 e. The third kappa shape index (κ3) is 1.43. The molecule has 16 heavy (non-hydrogen) atoms. The quantitative estimate of drug-likeness (QED) is 0.796. The molecule has 3 rings (SSSR count). The first-order valence-electron chi connectivity index (χ1n) is 5.85. The molecule has 3 heteroatoms. The van der Waals surface area contributed by atoms with Crippen LogP contribution in [0.25, 0.3) is 11.1 Å². The van der Waals surface area contributed by atoms with Crippen molar-refractivity contribution in [2.45, 2.75) is 32.2 Å². The summed E-state index contributed by atoms with van der Waals surface area (Å²) in [6.07, 6.45) is 1.12. The molecular weight excluding hydrogens is 200 g/mol. The van der Waals surface area contributed by atoms with Gasteiger partial charge in [0.1, 0.15) is 5.52 Å². The second-order valence-corrected chi connectivity index (χ2v) is 4.61. The molecule has 1 saturated heterocycles. The monoisotopic (exact) mass is 216 g/mol. The fraction of sp³-hybridized carbons (Fsp3) is 0.462. The molecule has 1 aliphatic rings. The fourth-order valence-electron chi connectivity index (χ4n) is 2.46. The van der Waals surface area contributed by atoms with Crippen molar-refractivity contribution in [3.8, 4) is 0 Å². The zero-order valence-electron chi connectivity index (χ0n) is 9.66. The highest BCUT2D eigenvalue weighted by Gasteiger charge is 2.28. The Balaban J connectivity index is 2.08. The second kappa shape index (κ2) is 3.59. The molecule has 0 amide bonds. The Labute approximate surface area is 94.9 Å². The van der Waals surface area contributed by atoms with Gasteiger partial charge >= 0.3 is 0 Å². The average Bonchev–Trinajstić information content (AvgIpc) is 2.84. The predicted molar refractivity (Wildman–Crippen MR) is 63.6 cm³/mol. The number of benzene rings is 1. The van der Waals surface area contributed by atoms with Gasteiger partial charge in [-0.15, -0.1) is 0 Å². The molecule has 0 aliphatic carbocycles. The summed E-state index contributed by atoms with van der Waals surface area (Å²) in [5.41, 5.74) is 3.08. The Morgan fingerprint density at radius 3 is 3.00 bits per heavy atom. The molecule has 1 aromatic heterocycles. The van der Waals surface area contributed by atoms with E-state index >= 15 is 0 Å². The maximum absolute atomic E-state index is 5.90. The van der Waals surface area contributed by atoms with Crippen molar-refractivity contribution in [3.05, 3.63) is 29.7 Å². The van der Waals surface area contributed by atoms with E-state index in [0.717, 1.165) is 35.5 Å². The number of nitrogens with one attached hydrogen (secondary N) is 1. The average molecular weight is 216 g/mol. The minimum Gasteiger partial charge on any atom is -0.440 e. The summed E-state index contributed by atoms with van der Waals surface area (Å²) >= 11 is 0. The van der Waals surface area contributed by atoms with Crippen molar-refractivity contribution in [2.24, 2.45) is 0 Å². The Bertz CT molecular complexity index is 518. The summed E-state index contributed by atoms with van der Waals surface area (Å²) in [6.45, 7) is 5.32. The smallest absolute Gasteiger partial charge is 0.200 e. The van der Waals surface area contributed by atoms with Gasteiger partial charge in [0.25, 0.3) is 0 Å². The van der Waals surface area contributed by atoms with Gasteiger partial charge in [-0.3, -0.25) is 0 Å². The maximum atomic E-state index is 5.90. The SMILES string of the molecule is Cc1cccc2nc(C3CCNC3C)oc12. The molecule has 1 N–H and O–H groups in total. The largest absolute Gasteiger partial charge is 0.440 e. The molecule has 1 aromatic carbocycles. The number of para-hydroxylation sites is 1. The molecule has 0 saturated carbocycles. The van der Waals surface area contributed by atoms with Crippen molar-refractivity contribution in [1.29, 1.82) is 0 Å². The molecule has 2 aromatic rings. The van der Waals surface area contributed by atoms with E-state index in [1.54, 1.807) is 0 Å². The van der Waals surface area contributed by atoms with Gasteiger partial charge in [0.2, 0.25) is 0 Å². The van der Waals surface area contributed by atoms with E-state index < -0.39 is 0 Å². The zero-order chi connectivity index (χ0) is 11.1. The van der Waals surface area contributed by atoms with Gasteiger partial charge < -0.3 is 9.73 Å². The van der Waals surface area contributed by atoms with Gasteiger partial charge in [0.05, 0.1) is 5.92 Å². The van der Waals surface area contributed by atoms with E-state index in [4.69, 9.17) is 4.42 Å². The first kappa shape index (κ1) is 9.85. The highest BCUT2D eigenvalue weighted by Crippen LogP contribution is 2.30. The van der Waals surface area contributed by atoms with E-state index in [9.17, 15) is 0 Å². The number of oxazole rings is 1. The van der Waals surface area contributed by atoms with Crippen molar-refractivity contribution in [2.75, 3.05) is 6.54 Å².